The smallest absolute Gasteiger partial charge is 0.403 e. The molecule has 2 aromatic rings. The van der Waals surface area contributed by atoms with Crippen molar-refractivity contribution in [2.24, 2.45) is 0 Å². The van der Waals surface area contributed by atoms with E-state index in [1.54, 1.807) is 13.0 Å². The standard InChI is InChI=1S/C14H9F5O/c1-8-2-4-10(11(15)6-8)9-3-5-13(12(16)7-9)20-14(17,18)19/h2-7H,1H3. The summed E-state index contributed by atoms with van der Waals surface area (Å²) < 4.78 is 66.8. The lowest BCUT2D eigenvalue weighted by atomic mass is 10.0. The zero-order valence-electron chi connectivity index (χ0n) is 10.3. The molecule has 0 aliphatic heterocycles. The van der Waals surface area contributed by atoms with Crippen LogP contribution in [0.25, 0.3) is 11.1 Å². The Morgan fingerprint density at radius 2 is 1.60 bits per heavy atom. The number of rotatable bonds is 2. The number of hydrogen-bond donors (Lipinski definition) is 0. The Balaban J connectivity index is 2.38. The topological polar surface area (TPSA) is 9.23 Å². The monoisotopic (exact) mass is 288 g/mol. The van der Waals surface area contributed by atoms with Gasteiger partial charge in [0.1, 0.15) is 5.82 Å². The molecule has 0 N–H and O–H groups in total. The largest absolute Gasteiger partial charge is 0.573 e. The lowest BCUT2D eigenvalue weighted by Gasteiger charge is -2.11. The lowest BCUT2D eigenvalue weighted by molar-refractivity contribution is -0.275. The number of ether oxygens (including phenoxy) is 1. The molecule has 20 heavy (non-hydrogen) atoms. The van der Waals surface area contributed by atoms with Gasteiger partial charge in [0.05, 0.1) is 0 Å². The van der Waals surface area contributed by atoms with E-state index >= 15 is 0 Å². The molecule has 106 valence electrons. The van der Waals surface area contributed by atoms with Gasteiger partial charge in [-0.25, -0.2) is 8.78 Å². The van der Waals surface area contributed by atoms with Crippen molar-refractivity contribution in [2.45, 2.75) is 13.3 Å². The van der Waals surface area contributed by atoms with E-state index in [0.29, 0.717) is 5.56 Å². The summed E-state index contributed by atoms with van der Waals surface area (Å²) in [4.78, 5) is 0. The molecule has 1 nitrogen and oxygen atoms in total. The Morgan fingerprint density at radius 3 is 2.15 bits per heavy atom. The van der Waals surface area contributed by atoms with Crippen LogP contribution in [0, 0.1) is 18.6 Å². The van der Waals surface area contributed by atoms with Gasteiger partial charge >= 0.3 is 6.36 Å². The Bertz CT molecular complexity index is 634. The second-order valence-corrected chi connectivity index (χ2v) is 4.18. The molecule has 6 heteroatoms. The molecule has 0 spiro atoms. The van der Waals surface area contributed by atoms with Crippen LogP contribution in [0.4, 0.5) is 22.0 Å². The minimum Gasteiger partial charge on any atom is -0.403 e. The highest BCUT2D eigenvalue weighted by Gasteiger charge is 2.32. The highest BCUT2D eigenvalue weighted by molar-refractivity contribution is 5.65. The summed E-state index contributed by atoms with van der Waals surface area (Å²) in [6.45, 7) is 1.69. The van der Waals surface area contributed by atoms with Crippen LogP contribution < -0.4 is 4.74 Å². The molecule has 0 saturated heterocycles. The number of benzene rings is 2. The summed E-state index contributed by atoms with van der Waals surface area (Å²) >= 11 is 0. The van der Waals surface area contributed by atoms with E-state index in [1.165, 1.54) is 12.1 Å². The van der Waals surface area contributed by atoms with Crippen molar-refractivity contribution < 1.29 is 26.7 Å². The van der Waals surface area contributed by atoms with Gasteiger partial charge in [-0.2, -0.15) is 0 Å². The summed E-state index contributed by atoms with van der Waals surface area (Å²) in [6.07, 6.45) is -4.97. The van der Waals surface area contributed by atoms with Crippen LogP contribution in [-0.4, -0.2) is 6.36 Å². The van der Waals surface area contributed by atoms with Crippen molar-refractivity contribution in [3.05, 3.63) is 53.6 Å². The Kier molecular flexibility index (Phi) is 3.65. The van der Waals surface area contributed by atoms with Gasteiger partial charge in [0.2, 0.25) is 0 Å². The third kappa shape index (κ3) is 3.26. The van der Waals surface area contributed by atoms with Crippen molar-refractivity contribution >= 4 is 0 Å². The predicted molar refractivity (Wildman–Crippen MR) is 63.2 cm³/mol. The van der Waals surface area contributed by atoms with Gasteiger partial charge in [0, 0.05) is 5.56 Å². The molecule has 0 aliphatic carbocycles. The maximum absolute atomic E-state index is 13.7. The first-order valence-electron chi connectivity index (χ1n) is 5.58. The summed E-state index contributed by atoms with van der Waals surface area (Å²) in [5, 5.41) is 0. The quantitative estimate of drug-likeness (QED) is 0.718. The highest BCUT2D eigenvalue weighted by atomic mass is 19.4. The Morgan fingerprint density at radius 1 is 0.900 bits per heavy atom. The molecule has 0 bridgehead atoms. The van der Waals surface area contributed by atoms with E-state index in [1.807, 2.05) is 0 Å². The normalized spacial score (nSPS) is 11.5. The molecule has 2 aromatic carbocycles. The number of aryl methyl sites for hydroxylation is 1. The average Bonchev–Trinajstić information content (AvgIpc) is 2.30. The van der Waals surface area contributed by atoms with Gasteiger partial charge in [0.15, 0.2) is 11.6 Å². The summed E-state index contributed by atoms with van der Waals surface area (Å²) in [6, 6.07) is 7.09. The third-order valence-corrected chi connectivity index (χ3v) is 2.59. The van der Waals surface area contributed by atoms with Crippen molar-refractivity contribution in [3.8, 4) is 16.9 Å². The second kappa shape index (κ2) is 5.11. The van der Waals surface area contributed by atoms with Crippen LogP contribution in [0.15, 0.2) is 36.4 Å². The molecule has 0 aliphatic rings. The number of hydrogen-bond acceptors (Lipinski definition) is 1. The molecule has 0 atom stereocenters. The zero-order valence-corrected chi connectivity index (χ0v) is 10.3. The molecular weight excluding hydrogens is 279 g/mol. The van der Waals surface area contributed by atoms with Gasteiger partial charge in [0.25, 0.3) is 0 Å². The van der Waals surface area contributed by atoms with E-state index in [9.17, 15) is 22.0 Å². The zero-order chi connectivity index (χ0) is 14.9. The molecule has 0 amide bonds. The summed E-state index contributed by atoms with van der Waals surface area (Å²) in [7, 11) is 0. The fraction of sp³-hybridized carbons (Fsp3) is 0.143. The fourth-order valence-corrected chi connectivity index (χ4v) is 1.73. The minimum atomic E-state index is -4.97. The molecule has 0 saturated carbocycles. The van der Waals surface area contributed by atoms with E-state index < -0.39 is 23.7 Å². The van der Waals surface area contributed by atoms with Crippen LogP contribution in [0.1, 0.15) is 5.56 Å². The number of halogens is 5. The third-order valence-electron chi connectivity index (χ3n) is 2.59. The van der Waals surface area contributed by atoms with E-state index in [0.717, 1.165) is 18.2 Å². The first kappa shape index (κ1) is 14.3. The second-order valence-electron chi connectivity index (χ2n) is 4.18. The van der Waals surface area contributed by atoms with Crippen LogP contribution in [0.2, 0.25) is 0 Å². The SMILES string of the molecule is Cc1ccc(-c2ccc(OC(F)(F)F)c(F)c2)c(F)c1. The van der Waals surface area contributed by atoms with Crippen molar-refractivity contribution in [2.75, 3.05) is 0 Å². The maximum atomic E-state index is 13.7. The van der Waals surface area contributed by atoms with Crippen LogP contribution in [-0.2, 0) is 0 Å². The molecule has 0 aromatic heterocycles. The van der Waals surface area contributed by atoms with Crippen molar-refractivity contribution in [3.63, 3.8) is 0 Å². The fourth-order valence-electron chi connectivity index (χ4n) is 1.73. The minimum absolute atomic E-state index is 0.105. The van der Waals surface area contributed by atoms with Crippen LogP contribution in [0.5, 0.6) is 5.75 Å². The summed E-state index contributed by atoms with van der Waals surface area (Å²) in [5.41, 5.74) is 0.923. The van der Waals surface area contributed by atoms with Crippen molar-refractivity contribution in [1.29, 1.82) is 0 Å². The summed E-state index contributed by atoms with van der Waals surface area (Å²) in [5.74, 6) is -2.73. The molecule has 0 heterocycles. The van der Waals surface area contributed by atoms with Crippen molar-refractivity contribution in [1.82, 2.24) is 0 Å². The van der Waals surface area contributed by atoms with Crippen LogP contribution in [0.3, 0.4) is 0 Å². The molecule has 0 unspecified atom stereocenters. The predicted octanol–water partition coefficient (Wildman–Crippen LogP) is 4.84. The molecule has 2 rings (SSSR count). The molecule has 0 fully saturated rings. The molecular formula is C14H9F5O. The Labute approximate surface area is 111 Å². The lowest BCUT2D eigenvalue weighted by Crippen LogP contribution is -2.17. The Hall–Kier alpha value is -2.11. The van der Waals surface area contributed by atoms with Gasteiger partial charge in [-0.05, 0) is 36.2 Å². The van der Waals surface area contributed by atoms with E-state index in [-0.39, 0.29) is 11.1 Å². The number of alkyl halides is 3. The van der Waals surface area contributed by atoms with Gasteiger partial charge in [-0.15, -0.1) is 13.2 Å². The van der Waals surface area contributed by atoms with E-state index in [2.05, 4.69) is 4.74 Å². The van der Waals surface area contributed by atoms with Gasteiger partial charge < -0.3 is 4.74 Å². The van der Waals surface area contributed by atoms with Gasteiger partial charge in [-0.1, -0.05) is 18.2 Å². The first-order chi connectivity index (χ1) is 9.26. The van der Waals surface area contributed by atoms with E-state index in [4.69, 9.17) is 0 Å². The van der Waals surface area contributed by atoms with Gasteiger partial charge in [-0.3, -0.25) is 0 Å². The first-order valence-corrected chi connectivity index (χ1v) is 5.58. The highest BCUT2D eigenvalue weighted by Crippen LogP contribution is 2.30. The maximum Gasteiger partial charge on any atom is 0.573 e. The van der Waals surface area contributed by atoms with Crippen LogP contribution >= 0.6 is 0 Å². The average molecular weight is 288 g/mol. The molecule has 0 radical (unpaired) electrons.